The monoisotopic (exact) mass is 275 g/mol. The fraction of sp³-hybridized carbons (Fsp3) is 0.133. The summed E-state index contributed by atoms with van der Waals surface area (Å²) in [5.41, 5.74) is 8.04. The van der Waals surface area contributed by atoms with E-state index in [9.17, 15) is 9.90 Å². The topological polar surface area (TPSA) is 63.3 Å². The zero-order valence-corrected chi connectivity index (χ0v) is 11.2. The number of carbonyl (C=O) groups is 1. The Hall–Kier alpha value is -2.00. The molecule has 0 bridgehead atoms. The van der Waals surface area contributed by atoms with E-state index >= 15 is 0 Å². The van der Waals surface area contributed by atoms with Crippen molar-refractivity contribution in [2.24, 2.45) is 5.73 Å². The van der Waals surface area contributed by atoms with Crippen LogP contribution in [0.4, 0.5) is 0 Å². The second kappa shape index (κ2) is 5.33. The SMILES string of the molecule is Cc1cc(O)c(Cc2ccccc2C(N)=O)cc1Cl. The van der Waals surface area contributed by atoms with Gasteiger partial charge in [-0.1, -0.05) is 29.8 Å². The van der Waals surface area contributed by atoms with Crippen LogP contribution in [0, 0.1) is 6.92 Å². The molecule has 0 unspecified atom stereocenters. The Labute approximate surface area is 116 Å². The van der Waals surface area contributed by atoms with E-state index in [2.05, 4.69) is 0 Å². The minimum atomic E-state index is -0.478. The van der Waals surface area contributed by atoms with E-state index < -0.39 is 5.91 Å². The van der Waals surface area contributed by atoms with E-state index in [1.807, 2.05) is 19.1 Å². The molecule has 0 spiro atoms. The average molecular weight is 276 g/mol. The van der Waals surface area contributed by atoms with E-state index in [4.69, 9.17) is 17.3 Å². The molecular weight excluding hydrogens is 262 g/mol. The summed E-state index contributed by atoms with van der Waals surface area (Å²) < 4.78 is 0. The van der Waals surface area contributed by atoms with Gasteiger partial charge in [0.25, 0.3) is 0 Å². The number of amides is 1. The molecule has 0 aliphatic carbocycles. The number of aromatic hydroxyl groups is 1. The summed E-state index contributed by atoms with van der Waals surface area (Å²) in [6, 6.07) is 10.4. The highest BCUT2D eigenvalue weighted by molar-refractivity contribution is 6.31. The molecule has 19 heavy (non-hydrogen) atoms. The van der Waals surface area contributed by atoms with E-state index in [1.165, 1.54) is 0 Å². The quantitative estimate of drug-likeness (QED) is 0.904. The minimum absolute atomic E-state index is 0.168. The number of benzene rings is 2. The smallest absolute Gasteiger partial charge is 0.248 e. The van der Waals surface area contributed by atoms with Crippen molar-refractivity contribution in [3.8, 4) is 5.75 Å². The lowest BCUT2D eigenvalue weighted by Gasteiger charge is -2.10. The first kappa shape index (κ1) is 13.4. The Morgan fingerprint density at radius 2 is 1.95 bits per heavy atom. The van der Waals surface area contributed by atoms with Crippen LogP contribution in [0.5, 0.6) is 5.75 Å². The number of aryl methyl sites for hydroxylation is 1. The summed E-state index contributed by atoms with van der Waals surface area (Å²) in [5.74, 6) is -0.311. The van der Waals surface area contributed by atoms with Crippen LogP contribution in [0.25, 0.3) is 0 Å². The van der Waals surface area contributed by atoms with Crippen molar-refractivity contribution < 1.29 is 9.90 Å². The third-order valence-corrected chi connectivity index (χ3v) is 3.43. The van der Waals surface area contributed by atoms with Crippen molar-refractivity contribution >= 4 is 17.5 Å². The predicted molar refractivity (Wildman–Crippen MR) is 75.6 cm³/mol. The number of phenols is 1. The second-order valence-electron chi connectivity index (χ2n) is 4.43. The fourth-order valence-corrected chi connectivity index (χ4v) is 2.16. The molecule has 0 aromatic heterocycles. The molecule has 2 rings (SSSR count). The Morgan fingerprint density at radius 3 is 2.63 bits per heavy atom. The molecule has 0 saturated carbocycles. The normalized spacial score (nSPS) is 10.4. The maximum atomic E-state index is 11.4. The molecule has 3 nitrogen and oxygen atoms in total. The number of rotatable bonds is 3. The van der Waals surface area contributed by atoms with Crippen molar-refractivity contribution in [2.75, 3.05) is 0 Å². The second-order valence-corrected chi connectivity index (χ2v) is 4.84. The van der Waals surface area contributed by atoms with Crippen LogP contribution < -0.4 is 5.73 Å². The molecule has 0 aliphatic rings. The number of halogens is 1. The van der Waals surface area contributed by atoms with Crippen molar-refractivity contribution in [1.82, 2.24) is 0 Å². The lowest BCUT2D eigenvalue weighted by Crippen LogP contribution is -2.13. The Balaban J connectivity index is 2.42. The number of carbonyl (C=O) groups excluding carboxylic acids is 1. The summed E-state index contributed by atoms with van der Waals surface area (Å²) in [7, 11) is 0. The molecule has 0 saturated heterocycles. The molecule has 0 heterocycles. The van der Waals surface area contributed by atoms with E-state index in [0.29, 0.717) is 22.6 Å². The van der Waals surface area contributed by atoms with Gasteiger partial charge in [0.05, 0.1) is 0 Å². The van der Waals surface area contributed by atoms with Crippen LogP contribution in [0.2, 0.25) is 5.02 Å². The molecule has 0 atom stereocenters. The van der Waals surface area contributed by atoms with Gasteiger partial charge in [-0.3, -0.25) is 4.79 Å². The van der Waals surface area contributed by atoms with E-state index in [0.717, 1.165) is 11.1 Å². The molecule has 0 aliphatic heterocycles. The van der Waals surface area contributed by atoms with Gasteiger partial charge in [0.1, 0.15) is 5.75 Å². The van der Waals surface area contributed by atoms with Crippen LogP contribution in [0.3, 0.4) is 0 Å². The molecule has 2 aromatic carbocycles. The zero-order chi connectivity index (χ0) is 14.0. The molecule has 1 amide bonds. The third-order valence-electron chi connectivity index (χ3n) is 3.02. The predicted octanol–water partition coefficient (Wildman–Crippen LogP) is 3.04. The number of phenolic OH excluding ortho intramolecular Hbond substituents is 1. The summed E-state index contributed by atoms with van der Waals surface area (Å²) in [4.78, 5) is 11.4. The van der Waals surface area contributed by atoms with Gasteiger partial charge in [0, 0.05) is 17.0 Å². The number of nitrogens with two attached hydrogens (primary N) is 1. The van der Waals surface area contributed by atoms with E-state index in [1.54, 1.807) is 24.3 Å². The van der Waals surface area contributed by atoms with Gasteiger partial charge in [-0.05, 0) is 41.8 Å². The Bertz CT molecular complexity index is 638. The summed E-state index contributed by atoms with van der Waals surface area (Å²) in [6.45, 7) is 1.82. The van der Waals surface area contributed by atoms with Crippen molar-refractivity contribution in [3.05, 3.63) is 63.7 Å². The lowest BCUT2D eigenvalue weighted by atomic mass is 9.98. The van der Waals surface area contributed by atoms with Gasteiger partial charge in [-0.2, -0.15) is 0 Å². The molecule has 2 aromatic rings. The molecular formula is C15H14ClNO2. The first-order valence-electron chi connectivity index (χ1n) is 5.84. The van der Waals surface area contributed by atoms with Gasteiger partial charge in [-0.25, -0.2) is 0 Å². The number of primary amides is 1. The van der Waals surface area contributed by atoms with Gasteiger partial charge in [-0.15, -0.1) is 0 Å². The molecule has 4 heteroatoms. The minimum Gasteiger partial charge on any atom is -0.508 e. The van der Waals surface area contributed by atoms with Crippen LogP contribution in [-0.4, -0.2) is 11.0 Å². The fourth-order valence-electron chi connectivity index (χ4n) is 1.97. The van der Waals surface area contributed by atoms with Gasteiger partial charge in [0.15, 0.2) is 0 Å². The zero-order valence-electron chi connectivity index (χ0n) is 10.5. The van der Waals surface area contributed by atoms with Gasteiger partial charge >= 0.3 is 0 Å². The molecule has 0 fully saturated rings. The summed E-state index contributed by atoms with van der Waals surface area (Å²) in [6.07, 6.45) is 0.408. The molecule has 98 valence electrons. The average Bonchev–Trinajstić information content (AvgIpc) is 2.36. The van der Waals surface area contributed by atoms with Crippen molar-refractivity contribution in [1.29, 1.82) is 0 Å². The first-order valence-corrected chi connectivity index (χ1v) is 6.22. The van der Waals surface area contributed by atoms with Gasteiger partial charge < -0.3 is 10.8 Å². The Morgan fingerprint density at radius 1 is 1.26 bits per heavy atom. The van der Waals surface area contributed by atoms with Crippen LogP contribution >= 0.6 is 11.6 Å². The molecule has 0 radical (unpaired) electrons. The maximum absolute atomic E-state index is 11.4. The van der Waals surface area contributed by atoms with Crippen LogP contribution in [-0.2, 0) is 6.42 Å². The summed E-state index contributed by atoms with van der Waals surface area (Å²) >= 11 is 6.05. The first-order chi connectivity index (χ1) is 8.99. The van der Waals surface area contributed by atoms with Crippen LogP contribution in [0.15, 0.2) is 36.4 Å². The standard InChI is InChI=1S/C15H14ClNO2/c1-9-6-14(18)11(8-13(9)16)7-10-4-2-3-5-12(10)15(17)19/h2-6,8,18H,7H2,1H3,(H2,17,19). The third kappa shape index (κ3) is 2.88. The van der Waals surface area contributed by atoms with Crippen LogP contribution in [0.1, 0.15) is 27.0 Å². The summed E-state index contributed by atoms with van der Waals surface area (Å²) in [5, 5.41) is 10.5. The van der Waals surface area contributed by atoms with E-state index in [-0.39, 0.29) is 5.75 Å². The Kier molecular flexibility index (Phi) is 3.76. The largest absolute Gasteiger partial charge is 0.508 e. The maximum Gasteiger partial charge on any atom is 0.248 e. The number of hydrogen-bond acceptors (Lipinski definition) is 2. The number of hydrogen-bond donors (Lipinski definition) is 2. The highest BCUT2D eigenvalue weighted by Crippen LogP contribution is 2.28. The van der Waals surface area contributed by atoms with Gasteiger partial charge in [0.2, 0.25) is 5.91 Å². The highest BCUT2D eigenvalue weighted by Gasteiger charge is 2.11. The van der Waals surface area contributed by atoms with Crippen molar-refractivity contribution in [3.63, 3.8) is 0 Å². The molecule has 3 N–H and O–H groups in total. The lowest BCUT2D eigenvalue weighted by molar-refractivity contribution is 0.0999. The van der Waals surface area contributed by atoms with Crippen molar-refractivity contribution in [2.45, 2.75) is 13.3 Å². The highest BCUT2D eigenvalue weighted by atomic mass is 35.5.